The SMILES string of the molecule is CCCC(C)C(=O)Oc1c(C)ccnc1C(=O)NC1COC(=O)C(CC)C(OC(=O)C(C)C)C(C)OC1=O. The number of hydrogen-bond acceptors (Lipinski definition) is 10. The molecule has 1 aliphatic rings. The van der Waals surface area contributed by atoms with E-state index in [1.807, 2.05) is 6.92 Å². The second-order valence-electron chi connectivity index (χ2n) is 9.79. The summed E-state index contributed by atoms with van der Waals surface area (Å²) in [6, 6.07) is 0.209. The molecule has 11 heteroatoms. The molecule has 210 valence electrons. The zero-order valence-corrected chi connectivity index (χ0v) is 23.1. The third-order valence-corrected chi connectivity index (χ3v) is 6.25. The Hall–Kier alpha value is -3.50. The van der Waals surface area contributed by atoms with Gasteiger partial charge in [0, 0.05) is 6.20 Å². The Morgan fingerprint density at radius 1 is 1.13 bits per heavy atom. The monoisotopic (exact) mass is 534 g/mol. The van der Waals surface area contributed by atoms with E-state index in [1.54, 1.807) is 40.7 Å². The average Bonchev–Trinajstić information content (AvgIpc) is 2.89. The van der Waals surface area contributed by atoms with Gasteiger partial charge in [0.05, 0.1) is 17.8 Å². The molecule has 0 radical (unpaired) electrons. The minimum Gasteiger partial charge on any atom is -0.463 e. The van der Waals surface area contributed by atoms with E-state index in [0.29, 0.717) is 12.0 Å². The predicted octanol–water partition coefficient (Wildman–Crippen LogP) is 2.91. The van der Waals surface area contributed by atoms with Gasteiger partial charge in [0.25, 0.3) is 5.91 Å². The van der Waals surface area contributed by atoms with Crippen LogP contribution in [0.3, 0.4) is 0 Å². The van der Waals surface area contributed by atoms with Crippen LogP contribution in [-0.2, 0) is 33.4 Å². The lowest BCUT2D eigenvalue weighted by Gasteiger charge is -2.29. The molecular weight excluding hydrogens is 496 g/mol. The highest BCUT2D eigenvalue weighted by molar-refractivity contribution is 5.98. The number of esters is 4. The van der Waals surface area contributed by atoms with Crippen LogP contribution in [0.1, 0.15) is 76.9 Å². The van der Waals surface area contributed by atoms with Gasteiger partial charge in [-0.15, -0.1) is 0 Å². The number of nitrogens with zero attached hydrogens (tertiary/aromatic N) is 1. The molecule has 0 saturated carbocycles. The molecule has 1 aliphatic heterocycles. The molecule has 5 atom stereocenters. The Labute approximate surface area is 222 Å². The minimum absolute atomic E-state index is 0.0218. The molecule has 0 spiro atoms. The van der Waals surface area contributed by atoms with Crippen LogP contribution in [0.4, 0.5) is 0 Å². The standard InChI is InChI=1S/C27H38N2O9/c1-8-10-16(6)25(32)37-21-15(5)11-12-28-20(21)23(30)29-19-13-35-26(33)18(9-2)22(17(7)36-27(19)34)38-24(31)14(3)4/h11-12,14,16-19,22H,8-10,13H2,1-7H3,(H,29,30). The van der Waals surface area contributed by atoms with Gasteiger partial charge in [-0.25, -0.2) is 9.78 Å². The van der Waals surface area contributed by atoms with Crippen molar-refractivity contribution in [1.29, 1.82) is 0 Å². The number of carbonyl (C=O) groups is 5. The first-order valence-electron chi connectivity index (χ1n) is 13.0. The number of ether oxygens (including phenoxy) is 4. The molecule has 2 rings (SSSR count). The van der Waals surface area contributed by atoms with Gasteiger partial charge in [0.2, 0.25) is 0 Å². The van der Waals surface area contributed by atoms with Gasteiger partial charge in [-0.05, 0) is 38.3 Å². The zero-order chi connectivity index (χ0) is 28.6. The van der Waals surface area contributed by atoms with Crippen molar-refractivity contribution in [2.24, 2.45) is 17.8 Å². The van der Waals surface area contributed by atoms with Crippen molar-refractivity contribution in [3.63, 3.8) is 0 Å². The minimum atomic E-state index is -1.38. The Kier molecular flexibility index (Phi) is 11.2. The second-order valence-corrected chi connectivity index (χ2v) is 9.79. The fraction of sp³-hybridized carbons (Fsp3) is 0.630. The van der Waals surface area contributed by atoms with Crippen molar-refractivity contribution in [2.45, 2.75) is 86.0 Å². The lowest BCUT2D eigenvalue weighted by Crippen LogP contribution is -2.47. The number of cyclic esters (lactones) is 2. The van der Waals surface area contributed by atoms with Crippen molar-refractivity contribution >= 4 is 29.8 Å². The summed E-state index contributed by atoms with van der Waals surface area (Å²) in [5.74, 6) is -5.18. The molecule has 38 heavy (non-hydrogen) atoms. The summed E-state index contributed by atoms with van der Waals surface area (Å²) in [5.41, 5.74) is 0.296. The van der Waals surface area contributed by atoms with Crippen LogP contribution in [0.5, 0.6) is 5.75 Å². The van der Waals surface area contributed by atoms with E-state index in [2.05, 4.69) is 10.3 Å². The summed E-state index contributed by atoms with van der Waals surface area (Å²) in [6.45, 7) is 11.4. The highest BCUT2D eigenvalue weighted by Crippen LogP contribution is 2.25. The van der Waals surface area contributed by atoms with Crippen LogP contribution in [0.15, 0.2) is 12.3 Å². The second kappa shape index (κ2) is 13.9. The van der Waals surface area contributed by atoms with Gasteiger partial charge in [-0.2, -0.15) is 0 Å². The van der Waals surface area contributed by atoms with E-state index < -0.39 is 66.5 Å². The number of aromatic nitrogens is 1. The number of amides is 1. The molecule has 1 saturated heterocycles. The van der Waals surface area contributed by atoms with E-state index in [4.69, 9.17) is 18.9 Å². The molecule has 2 heterocycles. The molecule has 1 N–H and O–H groups in total. The first kappa shape index (κ1) is 30.7. The summed E-state index contributed by atoms with van der Waals surface area (Å²) < 4.78 is 21.9. The van der Waals surface area contributed by atoms with Gasteiger partial charge in [-0.3, -0.25) is 19.2 Å². The number of rotatable bonds is 9. The summed E-state index contributed by atoms with van der Waals surface area (Å²) in [6.07, 6.45) is 0.993. The molecule has 1 fully saturated rings. The van der Waals surface area contributed by atoms with Crippen molar-refractivity contribution in [3.8, 4) is 5.75 Å². The fourth-order valence-corrected chi connectivity index (χ4v) is 3.90. The molecule has 5 unspecified atom stereocenters. The fourth-order valence-electron chi connectivity index (χ4n) is 3.90. The molecule has 1 aromatic rings. The molecule has 11 nitrogen and oxygen atoms in total. The summed E-state index contributed by atoms with van der Waals surface area (Å²) in [7, 11) is 0. The highest BCUT2D eigenvalue weighted by atomic mass is 16.6. The van der Waals surface area contributed by atoms with E-state index in [-0.39, 0.29) is 23.8 Å². The first-order chi connectivity index (χ1) is 17.9. The van der Waals surface area contributed by atoms with Crippen LogP contribution in [0.25, 0.3) is 0 Å². The molecule has 0 bridgehead atoms. The van der Waals surface area contributed by atoms with Crippen molar-refractivity contribution in [2.75, 3.05) is 6.61 Å². The van der Waals surface area contributed by atoms with Crippen molar-refractivity contribution in [3.05, 3.63) is 23.5 Å². The quantitative estimate of drug-likeness (QED) is 0.370. The maximum Gasteiger partial charge on any atom is 0.332 e. The van der Waals surface area contributed by atoms with Gasteiger partial charge < -0.3 is 24.3 Å². The molecule has 0 aliphatic carbocycles. The van der Waals surface area contributed by atoms with Gasteiger partial charge in [-0.1, -0.05) is 41.0 Å². The van der Waals surface area contributed by atoms with Crippen LogP contribution in [0.2, 0.25) is 0 Å². The third-order valence-electron chi connectivity index (χ3n) is 6.25. The van der Waals surface area contributed by atoms with Gasteiger partial charge >= 0.3 is 23.9 Å². The van der Waals surface area contributed by atoms with E-state index >= 15 is 0 Å². The van der Waals surface area contributed by atoms with Crippen LogP contribution in [0, 0.1) is 24.7 Å². The van der Waals surface area contributed by atoms with E-state index in [0.717, 1.165) is 6.42 Å². The zero-order valence-electron chi connectivity index (χ0n) is 23.1. The molecule has 1 amide bonds. The average molecular weight is 535 g/mol. The lowest BCUT2D eigenvalue weighted by atomic mass is 9.95. The summed E-state index contributed by atoms with van der Waals surface area (Å²) in [4.78, 5) is 67.8. The van der Waals surface area contributed by atoms with E-state index in [9.17, 15) is 24.0 Å². The van der Waals surface area contributed by atoms with Crippen LogP contribution < -0.4 is 10.1 Å². The third kappa shape index (κ3) is 7.75. The first-order valence-corrected chi connectivity index (χ1v) is 13.0. The smallest absolute Gasteiger partial charge is 0.332 e. The summed E-state index contributed by atoms with van der Waals surface area (Å²) in [5, 5.41) is 2.47. The largest absolute Gasteiger partial charge is 0.463 e. The number of hydrogen-bond donors (Lipinski definition) is 1. The van der Waals surface area contributed by atoms with E-state index in [1.165, 1.54) is 13.1 Å². The predicted molar refractivity (Wildman–Crippen MR) is 135 cm³/mol. The van der Waals surface area contributed by atoms with Crippen LogP contribution >= 0.6 is 0 Å². The molecule has 0 aromatic carbocycles. The topological polar surface area (TPSA) is 147 Å². The lowest BCUT2D eigenvalue weighted by molar-refractivity contribution is -0.176. The van der Waals surface area contributed by atoms with Gasteiger partial charge in [0.15, 0.2) is 23.6 Å². The normalized spacial score (nSPS) is 22.7. The maximum atomic E-state index is 13.2. The Morgan fingerprint density at radius 2 is 1.82 bits per heavy atom. The Morgan fingerprint density at radius 3 is 2.42 bits per heavy atom. The molecule has 1 aromatic heterocycles. The number of pyridine rings is 1. The number of carbonyl (C=O) groups excluding carboxylic acids is 5. The highest BCUT2D eigenvalue weighted by Gasteiger charge is 2.41. The van der Waals surface area contributed by atoms with Crippen molar-refractivity contribution < 1.29 is 42.9 Å². The van der Waals surface area contributed by atoms with Gasteiger partial charge in [0.1, 0.15) is 12.7 Å². The van der Waals surface area contributed by atoms with Crippen LogP contribution in [-0.4, -0.2) is 59.6 Å². The number of aryl methyl sites for hydroxylation is 1. The molecular formula is C27H38N2O9. The number of nitrogens with one attached hydrogen (secondary N) is 1. The summed E-state index contributed by atoms with van der Waals surface area (Å²) >= 11 is 0. The van der Waals surface area contributed by atoms with Crippen molar-refractivity contribution in [1.82, 2.24) is 10.3 Å². The maximum absolute atomic E-state index is 13.2. The Bertz CT molecular complexity index is 1040. The Balaban J connectivity index is 2.28.